The zero-order chi connectivity index (χ0) is 14.0. The molecule has 0 fully saturated rings. The van der Waals surface area contributed by atoms with Gasteiger partial charge in [0.25, 0.3) is 0 Å². The minimum absolute atomic E-state index is 0.0436. The Balaban J connectivity index is 3.63. The van der Waals surface area contributed by atoms with Crippen LogP contribution in [0.4, 0.5) is 0 Å². The van der Waals surface area contributed by atoms with E-state index >= 15 is 0 Å². The molecular weight excluding hydrogens is 321 g/mol. The Morgan fingerprint density at radius 1 is 1.28 bits per heavy atom. The molecule has 0 bridgehead atoms. The molecular formula is C9H9Cl2NO4S2. The van der Waals surface area contributed by atoms with Crippen molar-refractivity contribution in [3.63, 3.8) is 0 Å². The van der Waals surface area contributed by atoms with E-state index in [0.29, 0.717) is 0 Å². The molecule has 0 aromatic rings. The van der Waals surface area contributed by atoms with Crippen LogP contribution in [0.15, 0.2) is 21.7 Å². The highest BCUT2D eigenvalue weighted by Gasteiger charge is 2.26. The van der Waals surface area contributed by atoms with Gasteiger partial charge >= 0.3 is 0 Å². The topological polar surface area (TPSA) is 94.3 Å². The third kappa shape index (κ3) is 3.24. The van der Waals surface area contributed by atoms with Crippen molar-refractivity contribution < 1.29 is 16.8 Å². The third-order valence-electron chi connectivity index (χ3n) is 2.31. The van der Waals surface area contributed by atoms with Crippen molar-refractivity contribution in [3.8, 4) is 0 Å². The highest BCUT2D eigenvalue weighted by molar-refractivity contribution is 7.75. The first kappa shape index (κ1) is 15.5. The van der Waals surface area contributed by atoms with Crippen LogP contribution >= 0.6 is 23.2 Å². The van der Waals surface area contributed by atoms with Gasteiger partial charge in [0.05, 0.1) is 20.8 Å². The van der Waals surface area contributed by atoms with Gasteiger partial charge in [0.1, 0.15) is 0 Å². The first-order valence-electron chi connectivity index (χ1n) is 4.65. The Kier molecular flexibility index (Phi) is 5.18. The first-order valence-corrected chi connectivity index (χ1v) is 7.56. The summed E-state index contributed by atoms with van der Waals surface area (Å²) in [6.45, 7) is 1.49. The molecule has 1 aliphatic rings. The van der Waals surface area contributed by atoms with E-state index in [9.17, 15) is 16.8 Å². The summed E-state index contributed by atoms with van der Waals surface area (Å²) in [7, 11) is -5.15. The van der Waals surface area contributed by atoms with E-state index in [0.717, 1.165) is 0 Å². The second-order valence-electron chi connectivity index (χ2n) is 3.49. The van der Waals surface area contributed by atoms with Crippen LogP contribution in [0.1, 0.15) is 13.3 Å². The third-order valence-corrected chi connectivity index (χ3v) is 4.69. The molecule has 0 spiro atoms. The maximum absolute atomic E-state index is 11.1. The van der Waals surface area contributed by atoms with Gasteiger partial charge in [-0.25, -0.2) is 0 Å². The van der Waals surface area contributed by atoms with Crippen LogP contribution in [0, 0.1) is 0 Å². The summed E-state index contributed by atoms with van der Waals surface area (Å²) in [5.74, 6) is 0. The summed E-state index contributed by atoms with van der Waals surface area (Å²) in [4.78, 5) is -0.240. The van der Waals surface area contributed by atoms with Crippen LogP contribution < -0.4 is 5.73 Å². The van der Waals surface area contributed by atoms with Crippen molar-refractivity contribution in [2.75, 3.05) is 0 Å². The monoisotopic (exact) mass is 329 g/mol. The number of nitrogens with two attached hydrogens (primary N) is 1. The normalized spacial score (nSPS) is 21.3. The molecule has 0 aromatic carbocycles. The number of hydrogen-bond acceptors (Lipinski definition) is 5. The summed E-state index contributed by atoms with van der Waals surface area (Å²) in [5.41, 5.74) is 5.78. The van der Waals surface area contributed by atoms with Gasteiger partial charge in [0, 0.05) is 17.0 Å². The van der Waals surface area contributed by atoms with E-state index in [4.69, 9.17) is 28.9 Å². The lowest BCUT2D eigenvalue weighted by Crippen LogP contribution is -2.36. The average molecular weight is 330 g/mol. The molecule has 1 aliphatic carbocycles. The van der Waals surface area contributed by atoms with Crippen LogP contribution in [-0.4, -0.2) is 32.6 Å². The molecule has 9 heteroatoms. The van der Waals surface area contributed by atoms with Gasteiger partial charge < -0.3 is 5.73 Å². The van der Waals surface area contributed by atoms with Crippen LogP contribution in [0.5, 0.6) is 0 Å². The van der Waals surface area contributed by atoms with Gasteiger partial charge in [0.15, 0.2) is 0 Å². The lowest BCUT2D eigenvalue weighted by atomic mass is 9.95. The van der Waals surface area contributed by atoms with E-state index in [2.05, 4.69) is 0 Å². The minimum Gasteiger partial charge on any atom is -0.320 e. The molecule has 1 unspecified atom stereocenters. The number of rotatable bonds is 1. The van der Waals surface area contributed by atoms with E-state index in [1.807, 2.05) is 0 Å². The number of hydrogen-bond donors (Lipinski definition) is 1. The quantitative estimate of drug-likeness (QED) is 0.705. The lowest BCUT2D eigenvalue weighted by molar-refractivity contribution is 0.625. The molecule has 0 saturated carbocycles. The Hall–Kier alpha value is -0.600. The minimum atomic E-state index is -2.60. The Labute approximate surface area is 117 Å². The summed E-state index contributed by atoms with van der Waals surface area (Å²) >= 11 is 11.6. The predicted molar refractivity (Wildman–Crippen MR) is 72.9 cm³/mol. The molecule has 0 saturated heterocycles. The van der Waals surface area contributed by atoms with E-state index in [1.165, 1.54) is 13.0 Å². The second kappa shape index (κ2) is 6.03. The molecule has 5 nitrogen and oxygen atoms in total. The van der Waals surface area contributed by atoms with Crippen LogP contribution in [0.25, 0.3) is 0 Å². The highest BCUT2D eigenvalue weighted by atomic mass is 35.5. The lowest BCUT2D eigenvalue weighted by Gasteiger charge is -2.18. The maximum atomic E-state index is 11.1. The maximum Gasteiger partial charge on any atom is 0.218 e. The SMILES string of the molecule is CC(Cl)=C(Cl)C1=CC(N)C(=S(=O)=O)CC1=S(=O)=O. The molecule has 1 rings (SSSR count). The predicted octanol–water partition coefficient (Wildman–Crippen LogP) is 0.456. The van der Waals surface area contributed by atoms with E-state index in [-0.39, 0.29) is 31.8 Å². The van der Waals surface area contributed by atoms with Crippen molar-refractivity contribution in [2.24, 2.45) is 5.73 Å². The Morgan fingerprint density at radius 3 is 2.22 bits per heavy atom. The molecule has 0 heterocycles. The van der Waals surface area contributed by atoms with Gasteiger partial charge in [0.2, 0.25) is 20.6 Å². The van der Waals surface area contributed by atoms with Gasteiger partial charge in [-0.2, -0.15) is 16.8 Å². The fourth-order valence-electron chi connectivity index (χ4n) is 1.44. The van der Waals surface area contributed by atoms with Crippen molar-refractivity contribution in [1.29, 1.82) is 0 Å². The summed E-state index contributed by atoms with van der Waals surface area (Å²) in [6.07, 6.45) is 0.980. The summed E-state index contributed by atoms with van der Waals surface area (Å²) < 4.78 is 44.0. The Bertz CT molecular complexity index is 694. The van der Waals surface area contributed by atoms with E-state index in [1.54, 1.807) is 0 Å². The van der Waals surface area contributed by atoms with Crippen molar-refractivity contribution in [1.82, 2.24) is 0 Å². The molecule has 0 radical (unpaired) electrons. The van der Waals surface area contributed by atoms with Crippen LogP contribution in [0.3, 0.4) is 0 Å². The largest absolute Gasteiger partial charge is 0.320 e. The fourth-order valence-corrected chi connectivity index (χ4v) is 3.04. The average Bonchev–Trinajstić information content (AvgIpc) is 2.26. The highest BCUT2D eigenvalue weighted by Crippen LogP contribution is 2.27. The van der Waals surface area contributed by atoms with Gasteiger partial charge in [-0.1, -0.05) is 29.3 Å². The van der Waals surface area contributed by atoms with Crippen LogP contribution in [0.2, 0.25) is 0 Å². The van der Waals surface area contributed by atoms with Gasteiger partial charge in [-0.15, -0.1) is 0 Å². The molecule has 100 valence electrons. The van der Waals surface area contributed by atoms with Gasteiger partial charge in [-0.3, -0.25) is 0 Å². The summed E-state index contributed by atoms with van der Waals surface area (Å²) in [6, 6.07) is -0.907. The molecule has 1 atom stereocenters. The van der Waals surface area contributed by atoms with E-state index < -0.39 is 26.6 Å². The molecule has 2 N–H and O–H groups in total. The first-order chi connectivity index (χ1) is 8.25. The number of halogens is 2. The molecule has 0 aromatic heterocycles. The smallest absolute Gasteiger partial charge is 0.218 e. The zero-order valence-electron chi connectivity index (χ0n) is 9.14. The summed E-state index contributed by atoms with van der Waals surface area (Å²) in [5, 5.41) is 0.242. The second-order valence-corrected chi connectivity index (χ2v) is 6.39. The molecule has 0 amide bonds. The van der Waals surface area contributed by atoms with Gasteiger partial charge in [-0.05, 0) is 6.92 Å². The number of allylic oxidation sites excluding steroid dienone is 3. The zero-order valence-corrected chi connectivity index (χ0v) is 12.3. The fraction of sp³-hybridized carbons (Fsp3) is 0.333. The standard InChI is InChI=1S/C9H9Cl2NO4S2/c1-4(10)9(11)5-2-6(12)8(18(15)16)3-7(5)17(13)14/h2,6H,3,12H2,1H3. The molecule has 18 heavy (non-hydrogen) atoms. The van der Waals surface area contributed by atoms with Crippen molar-refractivity contribution >= 4 is 53.5 Å². The Morgan fingerprint density at radius 2 is 1.83 bits per heavy atom. The molecule has 0 aliphatic heterocycles. The van der Waals surface area contributed by atoms with Crippen molar-refractivity contribution in [3.05, 3.63) is 21.7 Å². The van der Waals surface area contributed by atoms with Crippen molar-refractivity contribution in [2.45, 2.75) is 19.4 Å². The van der Waals surface area contributed by atoms with Crippen LogP contribution in [-0.2, 0) is 20.6 Å².